The van der Waals surface area contributed by atoms with Crippen molar-refractivity contribution in [2.45, 2.75) is 12.8 Å². The second-order valence-corrected chi connectivity index (χ2v) is 5.85. The molecule has 0 amide bonds. The maximum Gasteiger partial charge on any atom is 0.190 e. The zero-order valence-corrected chi connectivity index (χ0v) is 18.6. The van der Waals surface area contributed by atoms with Crippen LogP contribution in [0, 0.1) is 11.6 Å². The lowest BCUT2D eigenvalue weighted by Crippen LogP contribution is -2.39. The average molecular weight is 505 g/mol. The average Bonchev–Trinajstić information content (AvgIpc) is 2.69. The van der Waals surface area contributed by atoms with Gasteiger partial charge in [0, 0.05) is 20.1 Å². The van der Waals surface area contributed by atoms with E-state index in [4.69, 9.17) is 9.47 Å². The van der Waals surface area contributed by atoms with E-state index in [-0.39, 0.29) is 24.0 Å². The smallest absolute Gasteiger partial charge is 0.190 e. The van der Waals surface area contributed by atoms with Crippen molar-refractivity contribution in [3.8, 4) is 11.5 Å². The fourth-order valence-corrected chi connectivity index (χ4v) is 2.63. The summed E-state index contributed by atoms with van der Waals surface area (Å²) in [5.74, 6) is 1.14. The molecular formula is C20H26F2IN3O2. The highest BCUT2D eigenvalue weighted by atomic mass is 127. The van der Waals surface area contributed by atoms with Crippen molar-refractivity contribution in [3.05, 3.63) is 59.2 Å². The number of aliphatic imine (C=N–C) groups is 1. The van der Waals surface area contributed by atoms with Crippen molar-refractivity contribution in [3.63, 3.8) is 0 Å². The summed E-state index contributed by atoms with van der Waals surface area (Å²) in [6.07, 6.45) is 1.12. The van der Waals surface area contributed by atoms with Crippen LogP contribution in [0.15, 0.2) is 41.4 Å². The van der Waals surface area contributed by atoms with Gasteiger partial charge in [0.2, 0.25) is 0 Å². The number of ether oxygens (including phenoxy) is 2. The van der Waals surface area contributed by atoms with Crippen LogP contribution in [0.5, 0.6) is 11.5 Å². The van der Waals surface area contributed by atoms with Gasteiger partial charge >= 0.3 is 0 Å². The molecular weight excluding hydrogens is 479 g/mol. The molecule has 0 saturated carbocycles. The van der Waals surface area contributed by atoms with Crippen LogP contribution in [0.3, 0.4) is 0 Å². The molecule has 154 valence electrons. The number of hydrogen-bond donors (Lipinski definition) is 2. The molecule has 2 aromatic rings. The molecule has 8 heteroatoms. The summed E-state index contributed by atoms with van der Waals surface area (Å²) >= 11 is 0. The highest BCUT2D eigenvalue weighted by Crippen LogP contribution is 2.27. The third-order valence-electron chi connectivity index (χ3n) is 4.07. The van der Waals surface area contributed by atoms with Gasteiger partial charge in [-0.3, -0.25) is 4.99 Å². The molecule has 0 aromatic heterocycles. The quantitative estimate of drug-likeness (QED) is 0.328. The van der Waals surface area contributed by atoms with E-state index < -0.39 is 11.6 Å². The predicted octanol–water partition coefficient (Wildman–Crippen LogP) is 3.55. The summed E-state index contributed by atoms with van der Waals surface area (Å²) in [7, 11) is 4.87. The molecule has 0 spiro atoms. The van der Waals surface area contributed by atoms with Gasteiger partial charge in [-0.2, -0.15) is 0 Å². The molecule has 0 saturated heterocycles. The zero-order valence-electron chi connectivity index (χ0n) is 16.2. The normalized spacial score (nSPS) is 10.8. The molecule has 2 rings (SSSR count). The minimum absolute atomic E-state index is 0. The highest BCUT2D eigenvalue weighted by Gasteiger charge is 2.06. The van der Waals surface area contributed by atoms with E-state index >= 15 is 0 Å². The van der Waals surface area contributed by atoms with Crippen LogP contribution in [0.25, 0.3) is 0 Å². The van der Waals surface area contributed by atoms with E-state index in [0.717, 1.165) is 24.1 Å². The number of rotatable bonds is 8. The summed E-state index contributed by atoms with van der Waals surface area (Å²) < 4.78 is 37.3. The third kappa shape index (κ3) is 7.14. The lowest BCUT2D eigenvalue weighted by molar-refractivity contribution is 0.354. The molecule has 2 aromatic carbocycles. The topological polar surface area (TPSA) is 54.9 Å². The summed E-state index contributed by atoms with van der Waals surface area (Å²) in [6, 6.07) is 9.25. The first-order chi connectivity index (χ1) is 13.1. The SMILES string of the molecule is CN=C(NCCc1ccc(OC)c(OC)c1)NCCc1cc(F)ccc1F.I. The first kappa shape index (κ1) is 23.9. The van der Waals surface area contributed by atoms with Gasteiger partial charge in [-0.05, 0) is 54.3 Å². The Kier molecular flexibility index (Phi) is 10.6. The summed E-state index contributed by atoms with van der Waals surface area (Å²) in [4.78, 5) is 4.13. The van der Waals surface area contributed by atoms with E-state index in [9.17, 15) is 8.78 Å². The summed E-state index contributed by atoms with van der Waals surface area (Å²) in [6.45, 7) is 1.10. The maximum absolute atomic E-state index is 13.6. The Bertz CT molecular complexity index is 788. The van der Waals surface area contributed by atoms with Gasteiger partial charge < -0.3 is 20.1 Å². The Balaban J connectivity index is 0.00000392. The van der Waals surface area contributed by atoms with Crippen LogP contribution in [-0.2, 0) is 12.8 Å². The fourth-order valence-electron chi connectivity index (χ4n) is 2.63. The first-order valence-corrected chi connectivity index (χ1v) is 8.66. The Morgan fingerprint density at radius 2 is 1.61 bits per heavy atom. The van der Waals surface area contributed by atoms with Crippen LogP contribution in [0.4, 0.5) is 8.78 Å². The van der Waals surface area contributed by atoms with Crippen molar-refractivity contribution < 1.29 is 18.3 Å². The molecule has 0 aliphatic rings. The minimum atomic E-state index is -0.441. The molecule has 28 heavy (non-hydrogen) atoms. The molecule has 0 fully saturated rings. The summed E-state index contributed by atoms with van der Waals surface area (Å²) in [5.41, 5.74) is 1.43. The largest absolute Gasteiger partial charge is 0.493 e. The molecule has 2 N–H and O–H groups in total. The van der Waals surface area contributed by atoms with Gasteiger partial charge in [-0.1, -0.05) is 6.07 Å². The minimum Gasteiger partial charge on any atom is -0.493 e. The molecule has 5 nitrogen and oxygen atoms in total. The number of hydrogen-bond acceptors (Lipinski definition) is 3. The first-order valence-electron chi connectivity index (χ1n) is 8.66. The number of methoxy groups -OCH3 is 2. The monoisotopic (exact) mass is 505 g/mol. The molecule has 0 unspecified atom stereocenters. The van der Waals surface area contributed by atoms with Gasteiger partial charge in [0.15, 0.2) is 17.5 Å². The molecule has 0 bridgehead atoms. The Labute approximate surface area is 181 Å². The van der Waals surface area contributed by atoms with Gasteiger partial charge in [0.05, 0.1) is 14.2 Å². The standard InChI is InChI=1S/C20H25F2N3O2.HI/c1-23-20(25-11-9-15-13-16(21)5-6-17(15)22)24-10-8-14-4-7-18(26-2)19(12-14)27-3;/h4-7,12-13H,8-11H2,1-3H3,(H2,23,24,25);1H. The van der Waals surface area contributed by atoms with E-state index in [0.29, 0.717) is 42.5 Å². The second kappa shape index (κ2) is 12.4. The van der Waals surface area contributed by atoms with E-state index in [2.05, 4.69) is 15.6 Å². The Hall–Kier alpha value is -2.10. The summed E-state index contributed by atoms with van der Waals surface area (Å²) in [5, 5.41) is 6.29. The predicted molar refractivity (Wildman–Crippen MR) is 118 cm³/mol. The lowest BCUT2D eigenvalue weighted by Gasteiger charge is -2.13. The number of benzene rings is 2. The molecule has 0 atom stereocenters. The van der Waals surface area contributed by atoms with Gasteiger partial charge in [-0.25, -0.2) is 8.78 Å². The van der Waals surface area contributed by atoms with E-state index in [1.165, 1.54) is 6.07 Å². The number of halogens is 3. The van der Waals surface area contributed by atoms with Crippen molar-refractivity contribution in [2.75, 3.05) is 34.4 Å². The van der Waals surface area contributed by atoms with Crippen molar-refractivity contribution in [2.24, 2.45) is 4.99 Å². The molecule has 0 radical (unpaired) electrons. The lowest BCUT2D eigenvalue weighted by atomic mass is 10.1. The second-order valence-electron chi connectivity index (χ2n) is 5.85. The number of guanidine groups is 1. The Morgan fingerprint density at radius 3 is 2.25 bits per heavy atom. The number of nitrogens with one attached hydrogen (secondary N) is 2. The molecule has 0 aliphatic heterocycles. The Morgan fingerprint density at radius 1 is 0.929 bits per heavy atom. The van der Waals surface area contributed by atoms with E-state index in [1.54, 1.807) is 21.3 Å². The van der Waals surface area contributed by atoms with Crippen molar-refractivity contribution in [1.29, 1.82) is 0 Å². The van der Waals surface area contributed by atoms with Gasteiger partial charge in [-0.15, -0.1) is 24.0 Å². The highest BCUT2D eigenvalue weighted by molar-refractivity contribution is 14.0. The van der Waals surface area contributed by atoms with Crippen LogP contribution in [0.2, 0.25) is 0 Å². The van der Waals surface area contributed by atoms with Gasteiger partial charge in [0.1, 0.15) is 11.6 Å². The van der Waals surface area contributed by atoms with Gasteiger partial charge in [0.25, 0.3) is 0 Å². The van der Waals surface area contributed by atoms with Crippen LogP contribution < -0.4 is 20.1 Å². The van der Waals surface area contributed by atoms with Crippen LogP contribution >= 0.6 is 24.0 Å². The van der Waals surface area contributed by atoms with Crippen molar-refractivity contribution >= 4 is 29.9 Å². The van der Waals surface area contributed by atoms with Crippen LogP contribution in [-0.4, -0.2) is 40.3 Å². The third-order valence-corrected chi connectivity index (χ3v) is 4.07. The van der Waals surface area contributed by atoms with Crippen LogP contribution in [0.1, 0.15) is 11.1 Å². The van der Waals surface area contributed by atoms with Crippen molar-refractivity contribution in [1.82, 2.24) is 10.6 Å². The number of nitrogens with zero attached hydrogens (tertiary/aromatic N) is 1. The zero-order chi connectivity index (χ0) is 19.6. The fraction of sp³-hybridized carbons (Fsp3) is 0.350. The molecule has 0 heterocycles. The molecule has 0 aliphatic carbocycles. The maximum atomic E-state index is 13.6. The van der Waals surface area contributed by atoms with E-state index in [1.807, 2.05) is 18.2 Å².